The summed E-state index contributed by atoms with van der Waals surface area (Å²) in [5.41, 5.74) is 0.216. The molecular formula is C18H21N3O6S. The van der Waals surface area contributed by atoms with E-state index in [0.717, 1.165) is 0 Å². The topological polar surface area (TPSA) is 137 Å². The number of nitrogens with one attached hydrogen (secondary N) is 1. The molecule has 0 aliphatic carbocycles. The van der Waals surface area contributed by atoms with Gasteiger partial charge in [0.2, 0.25) is 0 Å². The average molecular weight is 407 g/mol. The minimum absolute atomic E-state index is 0.0375. The van der Waals surface area contributed by atoms with Crippen LogP contribution in [0.1, 0.15) is 16.8 Å². The van der Waals surface area contributed by atoms with Gasteiger partial charge >= 0.3 is 5.97 Å². The highest BCUT2D eigenvalue weighted by Crippen LogP contribution is 2.19. The summed E-state index contributed by atoms with van der Waals surface area (Å²) in [6.45, 7) is 0.645. The summed E-state index contributed by atoms with van der Waals surface area (Å²) >= 11 is 0. The fraction of sp³-hybridized carbons (Fsp3) is 0.389. The van der Waals surface area contributed by atoms with Crippen molar-refractivity contribution >= 4 is 27.4 Å². The minimum Gasteiger partial charge on any atom is -0.478 e. The van der Waals surface area contributed by atoms with Gasteiger partial charge in [0.1, 0.15) is 11.6 Å². The third-order valence-corrected chi connectivity index (χ3v) is 6.03. The number of hydrogen-bond acceptors (Lipinski definition) is 7. The first-order valence-electron chi connectivity index (χ1n) is 8.47. The predicted octanol–water partition coefficient (Wildman–Crippen LogP) is 0.866. The number of carbonyl (C=O) groups is 2. The van der Waals surface area contributed by atoms with E-state index in [9.17, 15) is 23.3 Å². The maximum atomic E-state index is 12.4. The Morgan fingerprint density at radius 1 is 1.39 bits per heavy atom. The number of aromatic carboxylic acids is 1. The molecule has 0 radical (unpaired) electrons. The van der Waals surface area contributed by atoms with E-state index in [1.54, 1.807) is 4.90 Å². The number of methoxy groups -OCH3 is 1. The Balaban J connectivity index is 2.16. The van der Waals surface area contributed by atoms with Gasteiger partial charge in [0.25, 0.3) is 5.91 Å². The monoisotopic (exact) mass is 407 g/mol. The lowest BCUT2D eigenvalue weighted by Crippen LogP contribution is -2.35. The summed E-state index contributed by atoms with van der Waals surface area (Å²) in [5, 5.41) is 20.8. The fourth-order valence-corrected chi connectivity index (χ4v) is 4.53. The summed E-state index contributed by atoms with van der Waals surface area (Å²) in [4.78, 5) is 24.9. The van der Waals surface area contributed by atoms with Crippen molar-refractivity contribution in [1.29, 1.82) is 5.26 Å². The maximum absolute atomic E-state index is 12.4. The number of benzene rings is 1. The van der Waals surface area contributed by atoms with Crippen LogP contribution in [0.5, 0.6) is 0 Å². The summed E-state index contributed by atoms with van der Waals surface area (Å²) in [7, 11) is -1.63. The molecule has 1 atom stereocenters. The fourth-order valence-electron chi connectivity index (χ4n) is 2.78. The highest BCUT2D eigenvalue weighted by molar-refractivity contribution is 7.91. The van der Waals surface area contributed by atoms with E-state index in [1.807, 2.05) is 6.07 Å². The van der Waals surface area contributed by atoms with Crippen LogP contribution in [0.3, 0.4) is 0 Å². The van der Waals surface area contributed by atoms with Gasteiger partial charge in [-0.15, -0.1) is 0 Å². The quantitative estimate of drug-likeness (QED) is 0.478. The van der Waals surface area contributed by atoms with Crippen LogP contribution in [0.15, 0.2) is 36.0 Å². The van der Waals surface area contributed by atoms with Gasteiger partial charge in [0.05, 0.1) is 23.7 Å². The van der Waals surface area contributed by atoms with Crippen LogP contribution in [-0.2, 0) is 19.4 Å². The summed E-state index contributed by atoms with van der Waals surface area (Å²) in [6, 6.07) is 7.01. The summed E-state index contributed by atoms with van der Waals surface area (Å²) in [6.07, 6.45) is 1.77. The molecule has 10 heteroatoms. The lowest BCUT2D eigenvalue weighted by Gasteiger charge is -2.26. The second-order valence-electron chi connectivity index (χ2n) is 6.28. The molecule has 0 bridgehead atoms. The van der Waals surface area contributed by atoms with E-state index in [-0.39, 0.29) is 28.7 Å². The van der Waals surface area contributed by atoms with E-state index >= 15 is 0 Å². The van der Waals surface area contributed by atoms with Gasteiger partial charge < -0.3 is 20.1 Å². The van der Waals surface area contributed by atoms with Crippen LogP contribution in [0.25, 0.3) is 0 Å². The van der Waals surface area contributed by atoms with Crippen molar-refractivity contribution < 1.29 is 27.9 Å². The van der Waals surface area contributed by atoms with Crippen molar-refractivity contribution in [2.24, 2.45) is 0 Å². The molecule has 1 heterocycles. The standard InChI is InChI=1S/C18H21N3O6S/c1-27-8-7-21(16-6-9-28(25,26)12-16)11-14(10-19)17(22)20-15-4-2-13(3-5-15)18(23)24/h2-5,11,16H,6-9,12H2,1H3,(H,20,22)(H,23,24)/b14-11-. The van der Waals surface area contributed by atoms with Crippen molar-refractivity contribution in [3.8, 4) is 6.07 Å². The number of carboxylic acids is 1. The van der Waals surface area contributed by atoms with Crippen LogP contribution in [0.2, 0.25) is 0 Å². The van der Waals surface area contributed by atoms with E-state index in [0.29, 0.717) is 25.3 Å². The number of nitriles is 1. The zero-order valence-electron chi connectivity index (χ0n) is 15.3. The smallest absolute Gasteiger partial charge is 0.335 e. The average Bonchev–Trinajstić information content (AvgIpc) is 3.02. The highest BCUT2D eigenvalue weighted by Gasteiger charge is 2.31. The molecule has 0 spiro atoms. The normalized spacial score (nSPS) is 18.3. The van der Waals surface area contributed by atoms with Crippen LogP contribution in [0.4, 0.5) is 5.69 Å². The van der Waals surface area contributed by atoms with Gasteiger partial charge in [-0.1, -0.05) is 0 Å². The molecule has 1 fully saturated rings. The molecule has 0 saturated carbocycles. The molecule has 150 valence electrons. The van der Waals surface area contributed by atoms with E-state index in [2.05, 4.69) is 5.32 Å². The second-order valence-corrected chi connectivity index (χ2v) is 8.51. The number of hydrogen-bond donors (Lipinski definition) is 2. The third-order valence-electron chi connectivity index (χ3n) is 4.28. The Kier molecular flexibility index (Phi) is 7.14. The zero-order valence-corrected chi connectivity index (χ0v) is 16.1. The molecule has 1 saturated heterocycles. The van der Waals surface area contributed by atoms with Gasteiger partial charge in [0, 0.05) is 31.6 Å². The maximum Gasteiger partial charge on any atom is 0.335 e. The first kappa shape index (κ1) is 21.4. The molecule has 2 N–H and O–H groups in total. The Bertz CT molecular complexity index is 902. The largest absolute Gasteiger partial charge is 0.478 e. The number of rotatable bonds is 8. The molecule has 1 amide bonds. The van der Waals surface area contributed by atoms with E-state index < -0.39 is 21.7 Å². The van der Waals surface area contributed by atoms with Crippen LogP contribution in [-0.4, -0.2) is 68.1 Å². The first-order valence-corrected chi connectivity index (χ1v) is 10.3. The van der Waals surface area contributed by atoms with Crippen molar-refractivity contribution in [2.45, 2.75) is 12.5 Å². The Morgan fingerprint density at radius 2 is 2.07 bits per heavy atom. The molecule has 28 heavy (non-hydrogen) atoms. The summed E-state index contributed by atoms with van der Waals surface area (Å²) in [5.74, 6) is -1.73. The van der Waals surface area contributed by atoms with Crippen molar-refractivity contribution in [2.75, 3.05) is 37.1 Å². The Labute approximate surface area is 163 Å². The number of amides is 1. The van der Waals surface area contributed by atoms with Crippen molar-refractivity contribution in [3.63, 3.8) is 0 Å². The molecule has 1 aliphatic heterocycles. The second kappa shape index (κ2) is 9.34. The van der Waals surface area contributed by atoms with Gasteiger partial charge in [-0.2, -0.15) is 5.26 Å². The zero-order chi connectivity index (χ0) is 20.7. The van der Waals surface area contributed by atoms with Crippen molar-refractivity contribution in [1.82, 2.24) is 4.90 Å². The van der Waals surface area contributed by atoms with Crippen LogP contribution < -0.4 is 5.32 Å². The van der Waals surface area contributed by atoms with E-state index in [4.69, 9.17) is 9.84 Å². The predicted molar refractivity (Wildman–Crippen MR) is 101 cm³/mol. The lowest BCUT2D eigenvalue weighted by molar-refractivity contribution is -0.112. The molecule has 1 aromatic carbocycles. The number of sulfone groups is 1. The summed E-state index contributed by atoms with van der Waals surface area (Å²) < 4.78 is 28.6. The van der Waals surface area contributed by atoms with E-state index in [1.165, 1.54) is 37.6 Å². The minimum atomic E-state index is -3.13. The SMILES string of the molecule is COCCN(/C=C(/C#N)C(=O)Nc1ccc(C(=O)O)cc1)C1CCS(=O)(=O)C1. The Morgan fingerprint density at radius 3 is 2.57 bits per heavy atom. The van der Waals surface area contributed by atoms with Crippen molar-refractivity contribution in [3.05, 3.63) is 41.6 Å². The third kappa shape index (κ3) is 5.80. The number of nitrogens with zero attached hydrogens (tertiary/aromatic N) is 2. The van der Waals surface area contributed by atoms with Gasteiger partial charge in [-0.05, 0) is 30.7 Å². The number of carbonyl (C=O) groups excluding carboxylic acids is 1. The Hall–Kier alpha value is -2.90. The molecule has 1 aromatic rings. The van der Waals surface area contributed by atoms with Gasteiger partial charge in [0.15, 0.2) is 9.84 Å². The van der Waals surface area contributed by atoms with Crippen LogP contribution >= 0.6 is 0 Å². The lowest BCUT2D eigenvalue weighted by atomic mass is 10.2. The van der Waals surface area contributed by atoms with Gasteiger partial charge in [-0.3, -0.25) is 4.79 Å². The van der Waals surface area contributed by atoms with Crippen LogP contribution in [0, 0.1) is 11.3 Å². The molecular weight excluding hydrogens is 386 g/mol. The molecule has 0 aromatic heterocycles. The van der Waals surface area contributed by atoms with Gasteiger partial charge in [-0.25, -0.2) is 13.2 Å². The highest BCUT2D eigenvalue weighted by atomic mass is 32.2. The molecule has 2 rings (SSSR count). The number of carboxylic acid groups (broad SMARTS) is 1. The number of anilines is 1. The molecule has 1 unspecified atom stereocenters. The molecule has 1 aliphatic rings. The molecule has 9 nitrogen and oxygen atoms in total. The number of ether oxygens (including phenoxy) is 1. The first-order chi connectivity index (χ1) is 13.3.